The lowest BCUT2D eigenvalue weighted by Crippen LogP contribution is -2.32. The molecule has 0 radical (unpaired) electrons. The number of rotatable bonds is 5. The maximum atomic E-state index is 11.0. The Morgan fingerprint density at radius 2 is 2.54 bits per heavy atom. The monoisotopic (exact) mass is 188 g/mol. The summed E-state index contributed by atoms with van der Waals surface area (Å²) in [5.41, 5.74) is 13.3. The van der Waals surface area contributed by atoms with Gasteiger partial charge in [-0.25, -0.2) is 0 Å². The van der Waals surface area contributed by atoms with Crippen LogP contribution in [0.25, 0.3) is 5.53 Å². The van der Waals surface area contributed by atoms with E-state index in [0.717, 1.165) is 0 Å². The predicted octanol–water partition coefficient (Wildman–Crippen LogP) is -0.863. The molecule has 0 aromatic heterocycles. The third-order valence-electron chi connectivity index (χ3n) is 1.31. The van der Waals surface area contributed by atoms with Crippen molar-refractivity contribution in [3.63, 3.8) is 0 Å². The highest BCUT2D eigenvalue weighted by Crippen LogP contribution is 1.96. The molecular weight excluding hydrogens is 174 g/mol. The summed E-state index contributed by atoms with van der Waals surface area (Å²) in [6, 6.07) is -1.20. The van der Waals surface area contributed by atoms with Crippen molar-refractivity contribution in [3.8, 4) is 0 Å². The molecule has 0 fully saturated rings. The number of hydrogen-bond donors (Lipinski definition) is 1. The summed E-state index contributed by atoms with van der Waals surface area (Å²) >= 11 is 0. The van der Waals surface area contributed by atoms with E-state index in [4.69, 9.17) is 15.4 Å². The van der Waals surface area contributed by atoms with Gasteiger partial charge in [0.15, 0.2) is 0 Å². The number of ether oxygens (including phenoxy) is 1. The number of ketones is 1. The lowest BCUT2D eigenvalue weighted by atomic mass is 10.1. The van der Waals surface area contributed by atoms with Gasteiger partial charge in [-0.05, 0) is 6.42 Å². The minimum atomic E-state index is -2.84. The van der Waals surface area contributed by atoms with E-state index in [1.165, 1.54) is 0 Å². The van der Waals surface area contributed by atoms with Crippen LogP contribution in [-0.4, -0.2) is 35.8 Å². The molecular formula is C7H11N3O3. The summed E-state index contributed by atoms with van der Waals surface area (Å²) in [7, 11) is -2.84. The van der Waals surface area contributed by atoms with Crippen molar-refractivity contribution in [2.75, 3.05) is 7.04 Å². The number of esters is 1. The second-order valence-corrected chi connectivity index (χ2v) is 2.28. The van der Waals surface area contributed by atoms with Gasteiger partial charge in [-0.2, -0.15) is 4.79 Å². The molecule has 2 N–H and O–H groups in total. The first kappa shape index (κ1) is 6.94. The quantitative estimate of drug-likeness (QED) is 0.262. The summed E-state index contributed by atoms with van der Waals surface area (Å²) in [6.45, 7) is 0. The maximum Gasteiger partial charge on any atom is 0.323 e. The molecule has 0 aliphatic carbocycles. The summed E-state index contributed by atoms with van der Waals surface area (Å²) in [5.74, 6) is -1.63. The van der Waals surface area contributed by atoms with Crippen LogP contribution < -0.4 is 5.73 Å². The summed E-state index contributed by atoms with van der Waals surface area (Å²) in [5, 5.41) is 0. The molecule has 6 nitrogen and oxygen atoms in total. The molecule has 0 aromatic rings. The van der Waals surface area contributed by atoms with Gasteiger partial charge in [-0.3, -0.25) is 9.59 Å². The van der Waals surface area contributed by atoms with Crippen LogP contribution in [0.5, 0.6) is 0 Å². The average molecular weight is 188 g/mol. The van der Waals surface area contributed by atoms with Gasteiger partial charge in [0.1, 0.15) is 6.04 Å². The van der Waals surface area contributed by atoms with E-state index in [1.807, 2.05) is 0 Å². The first-order chi connectivity index (χ1) is 7.26. The van der Waals surface area contributed by atoms with Crippen molar-refractivity contribution in [1.29, 1.82) is 0 Å². The molecule has 0 spiro atoms. The van der Waals surface area contributed by atoms with Crippen LogP contribution >= 0.6 is 0 Å². The zero-order valence-electron chi connectivity index (χ0n) is 9.77. The normalized spacial score (nSPS) is 15.6. The highest BCUT2D eigenvalue weighted by molar-refractivity contribution is 6.25. The van der Waals surface area contributed by atoms with Gasteiger partial charge >= 0.3 is 12.2 Å². The second-order valence-electron chi connectivity index (χ2n) is 2.28. The lowest BCUT2D eigenvalue weighted by molar-refractivity contribution is -0.142. The van der Waals surface area contributed by atoms with E-state index in [-0.39, 0.29) is 12.8 Å². The second kappa shape index (κ2) is 6.05. The van der Waals surface area contributed by atoms with Gasteiger partial charge in [-0.15, -0.1) is 0 Å². The average Bonchev–Trinajstić information content (AvgIpc) is 2.11. The fourth-order valence-electron chi connectivity index (χ4n) is 0.620. The molecule has 0 aliphatic heterocycles. The lowest BCUT2D eigenvalue weighted by Gasteiger charge is -2.05. The molecule has 13 heavy (non-hydrogen) atoms. The van der Waals surface area contributed by atoms with Crippen LogP contribution in [0.15, 0.2) is 0 Å². The van der Waals surface area contributed by atoms with Crippen LogP contribution in [0.3, 0.4) is 0 Å². The van der Waals surface area contributed by atoms with E-state index in [9.17, 15) is 9.59 Å². The number of carbonyl (C=O) groups is 2. The van der Waals surface area contributed by atoms with Crippen molar-refractivity contribution >= 4 is 18.0 Å². The SMILES string of the molecule is [2H]C([2H])([2H])OC(=O)[C@@H](N)CCC(=O)C=[N+]=[N-]. The molecule has 0 heterocycles. The Morgan fingerprint density at radius 1 is 1.85 bits per heavy atom. The highest BCUT2D eigenvalue weighted by atomic mass is 16.5. The Kier molecular flexibility index (Phi) is 3.23. The molecule has 1 atom stereocenters. The van der Waals surface area contributed by atoms with Gasteiger partial charge < -0.3 is 16.0 Å². The van der Waals surface area contributed by atoms with Crippen LogP contribution in [0, 0.1) is 0 Å². The van der Waals surface area contributed by atoms with Crippen molar-refractivity contribution in [2.24, 2.45) is 5.73 Å². The van der Waals surface area contributed by atoms with E-state index >= 15 is 0 Å². The predicted molar refractivity (Wildman–Crippen MR) is 43.9 cm³/mol. The molecule has 0 bridgehead atoms. The van der Waals surface area contributed by atoms with Crippen molar-refractivity contribution in [2.45, 2.75) is 18.9 Å². The van der Waals surface area contributed by atoms with Crippen LogP contribution in [-0.2, 0) is 14.3 Å². The van der Waals surface area contributed by atoms with Gasteiger partial charge in [-0.1, -0.05) is 0 Å². The molecule has 0 aliphatic rings. The maximum absolute atomic E-state index is 11.0. The number of methoxy groups -OCH3 is 1. The Balaban J connectivity index is 4.07. The molecule has 0 unspecified atom stereocenters. The van der Waals surface area contributed by atoms with Gasteiger partial charge in [0.05, 0.1) is 11.2 Å². The molecule has 0 aromatic carbocycles. The van der Waals surface area contributed by atoms with Crippen LogP contribution in [0.4, 0.5) is 0 Å². The summed E-state index contributed by atoms with van der Waals surface area (Å²) < 4.78 is 24.0. The van der Waals surface area contributed by atoms with Crippen molar-refractivity contribution < 1.29 is 23.2 Å². The Morgan fingerprint density at radius 3 is 3.08 bits per heavy atom. The molecule has 0 amide bonds. The number of hydrogen-bond acceptors (Lipinski definition) is 4. The molecule has 0 saturated carbocycles. The van der Waals surface area contributed by atoms with Gasteiger partial charge in [0.25, 0.3) is 0 Å². The third kappa shape index (κ3) is 4.84. The van der Waals surface area contributed by atoms with Gasteiger partial charge in [0.2, 0.25) is 5.78 Å². The first-order valence-electron chi connectivity index (χ1n) is 4.95. The Bertz CT molecular complexity index is 323. The number of carbonyl (C=O) groups excluding carboxylic acids is 2. The molecule has 0 rings (SSSR count). The van der Waals surface area contributed by atoms with E-state index in [2.05, 4.69) is 9.53 Å². The van der Waals surface area contributed by atoms with Gasteiger partial charge in [0, 0.05) is 6.42 Å². The minimum Gasteiger partial charge on any atom is -0.468 e. The molecule has 0 saturated heterocycles. The Labute approximate surface area is 79.5 Å². The Hall–Kier alpha value is -1.52. The molecule has 72 valence electrons. The third-order valence-corrected chi connectivity index (χ3v) is 1.31. The topological polar surface area (TPSA) is 106 Å². The zero-order valence-corrected chi connectivity index (χ0v) is 6.77. The molecule has 6 heteroatoms. The van der Waals surface area contributed by atoms with E-state index in [1.54, 1.807) is 0 Å². The van der Waals surface area contributed by atoms with Crippen LogP contribution in [0.1, 0.15) is 17.0 Å². The number of nitrogens with zero attached hydrogens (tertiary/aromatic N) is 2. The smallest absolute Gasteiger partial charge is 0.323 e. The summed E-state index contributed by atoms with van der Waals surface area (Å²) in [4.78, 5) is 24.4. The largest absolute Gasteiger partial charge is 0.468 e. The van der Waals surface area contributed by atoms with Crippen LogP contribution in [0.2, 0.25) is 0 Å². The van der Waals surface area contributed by atoms with Crippen molar-refractivity contribution in [1.82, 2.24) is 0 Å². The fraction of sp³-hybridized carbons (Fsp3) is 0.571. The highest BCUT2D eigenvalue weighted by Gasteiger charge is 2.15. The summed E-state index contributed by atoms with van der Waals surface area (Å²) in [6.07, 6.45) is 0.447. The van der Waals surface area contributed by atoms with E-state index < -0.39 is 24.8 Å². The first-order valence-corrected chi connectivity index (χ1v) is 3.45. The zero-order chi connectivity index (χ0) is 12.8. The standard InChI is InChI=1S/C7H11N3O3/c1-13-7(12)6(8)3-2-5(11)4-10-9/h4,6H,2-3,8H2,1H3/t6-/m0/s1/i1D3. The van der Waals surface area contributed by atoms with E-state index in [0.29, 0.717) is 6.21 Å². The number of Topliss-reactive ketones (excluding diaryl/α,β-unsaturated/α-hetero) is 1. The van der Waals surface area contributed by atoms with Crippen molar-refractivity contribution in [3.05, 3.63) is 5.53 Å². The minimum absolute atomic E-state index is 0.0836. The fourth-order valence-corrected chi connectivity index (χ4v) is 0.620. The number of nitrogens with two attached hydrogens (primary N) is 1.